The summed E-state index contributed by atoms with van der Waals surface area (Å²) in [6, 6.07) is 5.36. The van der Waals surface area contributed by atoms with Crippen LogP contribution in [0.15, 0.2) is 30.6 Å². The smallest absolute Gasteiger partial charge is 0.274 e. The molecule has 0 spiro atoms. The van der Waals surface area contributed by atoms with Crippen molar-refractivity contribution in [3.05, 3.63) is 53.1 Å². The van der Waals surface area contributed by atoms with Crippen LogP contribution in [-0.4, -0.2) is 49.6 Å². The number of aromatic nitrogens is 4. The first kappa shape index (κ1) is 21.1. The van der Waals surface area contributed by atoms with Crippen molar-refractivity contribution in [2.24, 2.45) is 23.2 Å². The van der Waals surface area contributed by atoms with E-state index in [9.17, 15) is 9.59 Å². The molecule has 2 amide bonds. The normalized spacial score (nSPS) is 31.1. The summed E-state index contributed by atoms with van der Waals surface area (Å²) in [7, 11) is 0. The number of rotatable bonds is 4. The Kier molecular flexibility index (Phi) is 4.63. The molecule has 0 saturated heterocycles. The molecule has 1 atom stereocenters. The molecular formula is C27H32N6O2. The summed E-state index contributed by atoms with van der Waals surface area (Å²) >= 11 is 0. The highest BCUT2D eigenvalue weighted by atomic mass is 16.2. The Morgan fingerprint density at radius 1 is 1.17 bits per heavy atom. The van der Waals surface area contributed by atoms with Crippen LogP contribution in [0.4, 0.5) is 0 Å². The number of carbonyl (C=O) groups is 2. The number of fused-ring (bicyclic) bond motifs is 2. The quantitative estimate of drug-likeness (QED) is 0.604. The first-order valence-corrected chi connectivity index (χ1v) is 13.1. The van der Waals surface area contributed by atoms with E-state index >= 15 is 0 Å². The molecule has 4 bridgehead atoms. The van der Waals surface area contributed by atoms with Gasteiger partial charge in [0, 0.05) is 37.0 Å². The Bertz CT molecular complexity index is 1290. The largest absolute Gasteiger partial charge is 0.351 e. The maximum absolute atomic E-state index is 13.4. The van der Waals surface area contributed by atoms with Crippen molar-refractivity contribution in [1.82, 2.24) is 30.0 Å². The molecule has 182 valence electrons. The lowest BCUT2D eigenvalue weighted by molar-refractivity contribution is -0.0503. The van der Waals surface area contributed by atoms with Crippen LogP contribution in [-0.2, 0) is 6.42 Å². The molecule has 8 rings (SSSR count). The van der Waals surface area contributed by atoms with Crippen molar-refractivity contribution in [2.45, 2.75) is 57.9 Å². The number of amides is 2. The summed E-state index contributed by atoms with van der Waals surface area (Å²) in [6.07, 6.45) is 12.3. The van der Waals surface area contributed by atoms with Crippen LogP contribution in [0.25, 0.3) is 5.52 Å². The van der Waals surface area contributed by atoms with Crippen LogP contribution in [0.5, 0.6) is 0 Å². The van der Waals surface area contributed by atoms with E-state index in [1.165, 1.54) is 38.5 Å². The molecule has 3 aromatic heterocycles. The maximum Gasteiger partial charge on any atom is 0.274 e. The average Bonchev–Trinajstić information content (AvgIpc) is 3.49. The van der Waals surface area contributed by atoms with Crippen LogP contribution < -0.4 is 5.32 Å². The molecule has 0 aromatic carbocycles. The van der Waals surface area contributed by atoms with Crippen LogP contribution in [0.2, 0.25) is 0 Å². The number of aromatic amines is 1. The first-order valence-electron chi connectivity index (χ1n) is 13.1. The number of pyridine rings is 1. The summed E-state index contributed by atoms with van der Waals surface area (Å²) in [5.74, 6) is 2.40. The second-order valence-corrected chi connectivity index (χ2v) is 11.6. The van der Waals surface area contributed by atoms with E-state index in [1.807, 2.05) is 24.0 Å². The van der Waals surface area contributed by atoms with Gasteiger partial charge in [-0.3, -0.25) is 14.7 Å². The van der Waals surface area contributed by atoms with Gasteiger partial charge < -0.3 is 10.2 Å². The van der Waals surface area contributed by atoms with Crippen molar-refractivity contribution < 1.29 is 9.59 Å². The second-order valence-electron chi connectivity index (χ2n) is 11.6. The minimum Gasteiger partial charge on any atom is -0.351 e. The molecule has 4 heterocycles. The Balaban J connectivity index is 1.11. The topological polar surface area (TPSA) is 95.4 Å². The summed E-state index contributed by atoms with van der Waals surface area (Å²) in [4.78, 5) is 28.6. The van der Waals surface area contributed by atoms with Crippen LogP contribution in [0.3, 0.4) is 0 Å². The Hall–Kier alpha value is -3.16. The van der Waals surface area contributed by atoms with Gasteiger partial charge in [-0.05, 0) is 86.8 Å². The molecule has 1 unspecified atom stereocenters. The molecule has 1 aliphatic heterocycles. The fraction of sp³-hybridized carbons (Fsp3) is 0.556. The van der Waals surface area contributed by atoms with E-state index in [2.05, 4.69) is 20.6 Å². The van der Waals surface area contributed by atoms with E-state index < -0.39 is 0 Å². The lowest BCUT2D eigenvalue weighted by Crippen LogP contribution is -2.51. The lowest BCUT2D eigenvalue weighted by atomic mass is 9.49. The van der Waals surface area contributed by atoms with Crippen LogP contribution >= 0.6 is 0 Å². The minimum atomic E-state index is -0.118. The summed E-state index contributed by atoms with van der Waals surface area (Å²) in [5.41, 5.74) is 4.05. The fourth-order valence-corrected chi connectivity index (χ4v) is 8.08. The molecule has 8 nitrogen and oxygen atoms in total. The highest BCUT2D eigenvalue weighted by Gasteiger charge is 2.50. The fourth-order valence-electron chi connectivity index (χ4n) is 8.08. The molecular weight excluding hydrogens is 440 g/mol. The lowest BCUT2D eigenvalue weighted by Gasteiger charge is -2.56. The zero-order chi connectivity index (χ0) is 23.7. The van der Waals surface area contributed by atoms with Crippen molar-refractivity contribution in [1.29, 1.82) is 0 Å². The number of nitrogens with one attached hydrogen (secondary N) is 2. The van der Waals surface area contributed by atoms with E-state index in [0.717, 1.165) is 42.0 Å². The first-order chi connectivity index (χ1) is 17.0. The van der Waals surface area contributed by atoms with Crippen molar-refractivity contribution in [2.75, 3.05) is 13.1 Å². The zero-order valence-electron chi connectivity index (χ0n) is 20.2. The van der Waals surface area contributed by atoms with Gasteiger partial charge in [0.25, 0.3) is 11.8 Å². The van der Waals surface area contributed by atoms with Gasteiger partial charge in [-0.15, -0.1) is 0 Å². The van der Waals surface area contributed by atoms with Crippen LogP contribution in [0.1, 0.15) is 83.6 Å². The Morgan fingerprint density at radius 2 is 1.91 bits per heavy atom. The van der Waals surface area contributed by atoms with E-state index in [1.54, 1.807) is 23.0 Å². The van der Waals surface area contributed by atoms with Gasteiger partial charge in [0.15, 0.2) is 5.69 Å². The number of carbonyl (C=O) groups excluding carboxylic acids is 2. The van der Waals surface area contributed by atoms with Gasteiger partial charge in [0.05, 0.1) is 23.3 Å². The second kappa shape index (κ2) is 7.67. The highest BCUT2D eigenvalue weighted by Crippen LogP contribution is 2.59. The molecule has 2 N–H and O–H groups in total. The Morgan fingerprint density at radius 3 is 2.66 bits per heavy atom. The summed E-state index contributed by atoms with van der Waals surface area (Å²) in [6.45, 7) is 3.39. The maximum atomic E-state index is 13.4. The standard InChI is InChI=1S/C27H32N6O2/c1-16-21-14-29-30-22(21)4-6-32(16)26(35)23-10-24-20(3-2-5-33(24)31-23)25(34)28-15-27-11-17-7-18(12-27)9-19(8-17)13-27/h2-3,5,10,14,16-19H,4,6-9,11-13,15H2,1H3,(H,28,34)(H,29,30). The average molecular weight is 473 g/mol. The van der Waals surface area contributed by atoms with E-state index in [4.69, 9.17) is 0 Å². The van der Waals surface area contributed by atoms with Crippen molar-refractivity contribution in [3.63, 3.8) is 0 Å². The third kappa shape index (κ3) is 3.40. The third-order valence-electron chi connectivity index (χ3n) is 9.29. The molecule has 5 aliphatic rings. The van der Waals surface area contributed by atoms with E-state index in [-0.39, 0.29) is 23.3 Å². The van der Waals surface area contributed by atoms with E-state index in [0.29, 0.717) is 23.3 Å². The summed E-state index contributed by atoms with van der Waals surface area (Å²) < 4.78 is 1.66. The molecule has 4 fully saturated rings. The number of H-pyrrole nitrogens is 1. The molecule has 35 heavy (non-hydrogen) atoms. The van der Waals surface area contributed by atoms with Gasteiger partial charge in [0.1, 0.15) is 0 Å². The SMILES string of the molecule is CC1c2cn[nH]c2CCN1C(=O)c1cc2c(C(=O)NCC34CC5CC(CC(C5)C3)C4)cccn2n1. The monoisotopic (exact) mass is 472 g/mol. The molecule has 4 saturated carbocycles. The molecule has 4 aliphatic carbocycles. The zero-order valence-corrected chi connectivity index (χ0v) is 20.2. The van der Waals surface area contributed by atoms with Crippen molar-refractivity contribution in [3.8, 4) is 0 Å². The number of nitrogens with zero attached hydrogens (tertiary/aromatic N) is 4. The summed E-state index contributed by atoms with van der Waals surface area (Å²) in [5, 5.41) is 15.0. The molecule has 8 heteroatoms. The van der Waals surface area contributed by atoms with Crippen LogP contribution in [0, 0.1) is 23.2 Å². The molecule has 3 aromatic rings. The minimum absolute atomic E-state index is 0.0698. The Labute approximate surface area is 204 Å². The van der Waals surface area contributed by atoms with Gasteiger partial charge >= 0.3 is 0 Å². The third-order valence-corrected chi connectivity index (χ3v) is 9.29. The highest BCUT2D eigenvalue weighted by molar-refractivity contribution is 6.02. The molecule has 0 radical (unpaired) electrons. The predicted molar refractivity (Wildman–Crippen MR) is 130 cm³/mol. The van der Waals surface area contributed by atoms with Gasteiger partial charge in [0.2, 0.25) is 0 Å². The van der Waals surface area contributed by atoms with Gasteiger partial charge in [-0.2, -0.15) is 10.2 Å². The number of hydrogen-bond donors (Lipinski definition) is 2. The number of hydrogen-bond acceptors (Lipinski definition) is 4. The van der Waals surface area contributed by atoms with Gasteiger partial charge in [-0.1, -0.05) is 0 Å². The predicted octanol–water partition coefficient (Wildman–Crippen LogP) is 3.76. The van der Waals surface area contributed by atoms with Crippen molar-refractivity contribution >= 4 is 17.3 Å². The van der Waals surface area contributed by atoms with Gasteiger partial charge in [-0.25, -0.2) is 4.52 Å².